The number of fused-ring (bicyclic) bond motifs is 3. The van der Waals surface area contributed by atoms with Crippen molar-refractivity contribution in [2.75, 3.05) is 20.8 Å². The zero-order chi connectivity index (χ0) is 52.1. The third kappa shape index (κ3) is 16.7. The number of piperidine rings is 1. The van der Waals surface area contributed by atoms with Crippen LogP contribution in [0.2, 0.25) is 0 Å². The molecule has 0 aromatic rings. The topological polar surface area (TPSA) is 207 Å². The molecule has 1 unspecified atom stereocenters. The Labute approximate surface area is 418 Å². The largest absolute Gasteiger partial charge is 0.461 e. The summed E-state index contributed by atoms with van der Waals surface area (Å²) in [7, 11) is 3.03. The summed E-state index contributed by atoms with van der Waals surface area (Å²) in [4.78, 5) is 71.5. The normalized spacial score (nSPS) is 38.4. The zero-order valence-electron chi connectivity index (χ0n) is 44.3. The molecule has 15 nitrogen and oxygen atoms in total. The SMILES string of the molecule is CO[C@@H]1C[C@H](C[C@@H](C)[C@@H]2CC[C@H](C)/C=C(\C)[C@@H](O)[C@@H](OC)C(=O)[C@H](C)C[C@H](C)/C=C/C=C/C=C(\C)C(NC(=O)OC(C)(C)C)C[C@@H]3CC[C@@H](C)[C@@](O)(O3)C(=O)C(=O)N3CCCC[C@H]3C(=O)O2)CC[C@H]1O. The molecule has 4 aliphatic rings. The Morgan fingerprint density at radius 3 is 2.26 bits per heavy atom. The van der Waals surface area contributed by atoms with Gasteiger partial charge in [0.2, 0.25) is 5.79 Å². The van der Waals surface area contributed by atoms with Crippen molar-refractivity contribution in [3.63, 3.8) is 0 Å². The van der Waals surface area contributed by atoms with Crippen molar-refractivity contribution in [2.45, 2.75) is 213 Å². The minimum atomic E-state index is -2.49. The lowest BCUT2D eigenvalue weighted by atomic mass is 9.78. The van der Waals surface area contributed by atoms with E-state index < -0.39 is 89.6 Å². The number of nitrogens with zero attached hydrogens (tertiary/aromatic N) is 1. The number of alkyl carbamates (subject to hydrolysis) is 1. The van der Waals surface area contributed by atoms with Crippen LogP contribution in [-0.4, -0.2) is 131 Å². The van der Waals surface area contributed by atoms with E-state index >= 15 is 0 Å². The lowest BCUT2D eigenvalue weighted by Crippen LogP contribution is -2.61. The summed E-state index contributed by atoms with van der Waals surface area (Å²) in [5, 5.41) is 37.1. The molecule has 2 amide bonds. The van der Waals surface area contributed by atoms with E-state index in [0.717, 1.165) is 12.0 Å². The molecule has 396 valence electrons. The molecule has 4 rings (SSSR count). The van der Waals surface area contributed by atoms with E-state index in [1.807, 2.05) is 71.1 Å². The van der Waals surface area contributed by atoms with Crippen molar-refractivity contribution in [3.05, 3.63) is 47.6 Å². The van der Waals surface area contributed by atoms with Gasteiger partial charge in [0, 0.05) is 32.6 Å². The lowest BCUT2D eigenvalue weighted by molar-refractivity contribution is -0.264. The molecule has 2 bridgehead atoms. The van der Waals surface area contributed by atoms with E-state index in [-0.39, 0.29) is 54.9 Å². The molecule has 4 N–H and O–H groups in total. The van der Waals surface area contributed by atoms with Gasteiger partial charge in [0.1, 0.15) is 30.0 Å². The average Bonchev–Trinajstić information content (AvgIpc) is 3.30. The number of hydrogen-bond donors (Lipinski definition) is 4. The molecule has 15 atom stereocenters. The highest BCUT2D eigenvalue weighted by molar-refractivity contribution is 6.39. The third-order valence-electron chi connectivity index (χ3n) is 15.0. The van der Waals surface area contributed by atoms with E-state index in [9.17, 15) is 39.3 Å². The molecule has 0 aromatic carbocycles. The van der Waals surface area contributed by atoms with E-state index in [0.29, 0.717) is 69.8 Å². The van der Waals surface area contributed by atoms with Crippen LogP contribution in [0.4, 0.5) is 4.79 Å². The van der Waals surface area contributed by atoms with Crippen LogP contribution in [0.3, 0.4) is 0 Å². The molecule has 70 heavy (non-hydrogen) atoms. The molecule has 3 fully saturated rings. The molecular weight excluding hydrogens is 897 g/mol. The van der Waals surface area contributed by atoms with E-state index in [4.69, 9.17) is 23.7 Å². The molecule has 0 radical (unpaired) electrons. The molecule has 15 heteroatoms. The van der Waals surface area contributed by atoms with Crippen molar-refractivity contribution >= 4 is 29.5 Å². The number of Topliss-reactive ketones (excluding diaryl/α,β-unsaturated/α-hetero) is 2. The van der Waals surface area contributed by atoms with Crippen LogP contribution in [0.5, 0.6) is 0 Å². The molecule has 1 saturated carbocycles. The van der Waals surface area contributed by atoms with Crippen LogP contribution in [0, 0.1) is 35.5 Å². The molecule has 3 heterocycles. The van der Waals surface area contributed by atoms with Gasteiger partial charge in [0.05, 0.1) is 24.4 Å². The number of aliphatic hydroxyl groups is 3. The fourth-order valence-corrected chi connectivity index (χ4v) is 10.7. The number of aliphatic hydroxyl groups excluding tert-OH is 2. The quantitative estimate of drug-likeness (QED) is 0.114. The number of rotatable bonds is 6. The van der Waals surface area contributed by atoms with E-state index in [1.54, 1.807) is 41.7 Å². The van der Waals surface area contributed by atoms with Crippen LogP contribution in [0.1, 0.15) is 153 Å². The predicted octanol–water partition coefficient (Wildman–Crippen LogP) is 7.88. The highest BCUT2D eigenvalue weighted by Crippen LogP contribution is 2.38. The second kappa shape index (κ2) is 26.8. The number of carbonyl (C=O) groups is 5. The number of allylic oxidation sites excluding steroid dienone is 6. The van der Waals surface area contributed by atoms with Crippen LogP contribution in [0.25, 0.3) is 0 Å². The highest BCUT2D eigenvalue weighted by Gasteiger charge is 2.53. The summed E-state index contributed by atoms with van der Waals surface area (Å²) < 4.78 is 29.5. The van der Waals surface area contributed by atoms with Gasteiger partial charge in [-0.25, -0.2) is 9.59 Å². The van der Waals surface area contributed by atoms with Crippen LogP contribution < -0.4 is 5.32 Å². The van der Waals surface area contributed by atoms with Crippen molar-refractivity contribution < 1.29 is 63.0 Å². The Balaban J connectivity index is 1.72. The van der Waals surface area contributed by atoms with Gasteiger partial charge in [0.15, 0.2) is 5.78 Å². The van der Waals surface area contributed by atoms with Gasteiger partial charge < -0.3 is 49.2 Å². The minimum Gasteiger partial charge on any atom is -0.461 e. The van der Waals surface area contributed by atoms with Crippen LogP contribution in [0.15, 0.2) is 47.6 Å². The van der Waals surface area contributed by atoms with Gasteiger partial charge in [-0.1, -0.05) is 76.6 Å². The molecule has 2 saturated heterocycles. The molecule has 1 aliphatic carbocycles. The van der Waals surface area contributed by atoms with Crippen molar-refractivity contribution in [1.29, 1.82) is 0 Å². The minimum absolute atomic E-state index is 0.00749. The number of ketones is 2. The lowest BCUT2D eigenvalue weighted by Gasteiger charge is -2.43. The Kier molecular flexibility index (Phi) is 22.5. The summed E-state index contributed by atoms with van der Waals surface area (Å²) in [5.74, 6) is -6.65. The van der Waals surface area contributed by atoms with Gasteiger partial charge in [-0.2, -0.15) is 0 Å². The maximum absolute atomic E-state index is 14.5. The second-order valence-electron chi connectivity index (χ2n) is 22.2. The molecule has 3 aliphatic heterocycles. The third-order valence-corrected chi connectivity index (χ3v) is 15.0. The summed E-state index contributed by atoms with van der Waals surface area (Å²) in [6.45, 7) is 18.6. The highest BCUT2D eigenvalue weighted by atomic mass is 16.6. The maximum Gasteiger partial charge on any atom is 0.408 e. The summed E-state index contributed by atoms with van der Waals surface area (Å²) in [6.07, 6.45) is 12.9. The van der Waals surface area contributed by atoms with E-state index in [2.05, 4.69) is 5.32 Å². The van der Waals surface area contributed by atoms with Crippen LogP contribution >= 0.6 is 0 Å². The first-order chi connectivity index (χ1) is 32.9. The van der Waals surface area contributed by atoms with Gasteiger partial charge in [-0.05, 0) is 147 Å². The Morgan fingerprint density at radius 1 is 0.871 bits per heavy atom. The molecular formula is C55H88N2O13. The van der Waals surface area contributed by atoms with Crippen molar-refractivity contribution in [3.8, 4) is 0 Å². The first-order valence-electron chi connectivity index (χ1n) is 26.0. The van der Waals surface area contributed by atoms with Gasteiger partial charge >= 0.3 is 12.1 Å². The number of ether oxygens (including phenoxy) is 5. The Morgan fingerprint density at radius 2 is 1.59 bits per heavy atom. The first-order valence-corrected chi connectivity index (χ1v) is 26.0. The number of methoxy groups -OCH3 is 2. The summed E-state index contributed by atoms with van der Waals surface area (Å²) in [5.41, 5.74) is 0.549. The standard InChI is InChI=1S/C55H88N2O13/c1-33-18-14-13-15-19-35(3)42(56-53(64)70-54(8,9)10)32-41-24-22-39(7)55(65,69-41)50(61)51(62)57-27-17-16-20-43(57)52(63)68-45(36(4)30-40-23-25-44(58)46(31-40)66-11)26-21-34(2)29-38(6)48(60)49(67-12)47(59)37(5)28-33/h13-15,18-19,29,33-34,36-37,39-46,48-49,58,60,65H,16-17,20-28,30-32H2,1-12H3,(H,56,64)/b15-13+,18-14+,35-19+,38-29+/t33-,34+,36-,37-,39-,40+,41+,42?,43+,44-,45+,46-,48-,49+,55-/m1/s1. The Bertz CT molecular complexity index is 1890. The summed E-state index contributed by atoms with van der Waals surface area (Å²) >= 11 is 0. The maximum atomic E-state index is 14.5. The van der Waals surface area contributed by atoms with Crippen molar-refractivity contribution in [2.24, 2.45) is 35.5 Å². The van der Waals surface area contributed by atoms with Crippen molar-refractivity contribution in [1.82, 2.24) is 10.2 Å². The average molecular weight is 985 g/mol. The Hall–Kier alpha value is -3.73. The monoisotopic (exact) mass is 985 g/mol. The smallest absolute Gasteiger partial charge is 0.408 e. The first kappa shape index (κ1) is 58.8. The van der Waals surface area contributed by atoms with Gasteiger partial charge in [-0.15, -0.1) is 0 Å². The summed E-state index contributed by atoms with van der Waals surface area (Å²) in [6, 6.07) is -1.72. The number of esters is 1. The molecule has 0 aromatic heterocycles. The number of cyclic esters (lactones) is 1. The van der Waals surface area contributed by atoms with Crippen LogP contribution in [-0.2, 0) is 42.9 Å². The number of amides is 2. The molecule has 0 spiro atoms. The zero-order valence-corrected chi connectivity index (χ0v) is 44.3. The van der Waals surface area contributed by atoms with Gasteiger partial charge in [-0.3, -0.25) is 14.4 Å². The number of carbonyl (C=O) groups excluding carboxylic acids is 5. The second-order valence-corrected chi connectivity index (χ2v) is 22.2. The van der Waals surface area contributed by atoms with Gasteiger partial charge in [0.25, 0.3) is 11.7 Å². The number of hydrogen-bond acceptors (Lipinski definition) is 13. The predicted molar refractivity (Wildman–Crippen MR) is 267 cm³/mol. The fourth-order valence-electron chi connectivity index (χ4n) is 10.7. The van der Waals surface area contributed by atoms with E-state index in [1.165, 1.54) is 12.0 Å². The number of nitrogens with one attached hydrogen (secondary N) is 1. The fraction of sp³-hybridized carbons (Fsp3) is 0.764.